The summed E-state index contributed by atoms with van der Waals surface area (Å²) in [6.45, 7) is 5.21. The zero-order valence-electron chi connectivity index (χ0n) is 19.1. The molecule has 0 saturated heterocycles. The van der Waals surface area contributed by atoms with Crippen LogP contribution in [-0.2, 0) is 23.4 Å². The van der Waals surface area contributed by atoms with Crippen LogP contribution >= 0.6 is 7.82 Å². The second-order valence-electron chi connectivity index (χ2n) is 7.70. The van der Waals surface area contributed by atoms with Crippen molar-refractivity contribution in [1.29, 1.82) is 0 Å². The van der Waals surface area contributed by atoms with Gasteiger partial charge >= 0.3 is 7.82 Å². The van der Waals surface area contributed by atoms with Crippen molar-refractivity contribution < 1.29 is 28.3 Å². The van der Waals surface area contributed by atoms with Crippen LogP contribution < -0.4 is 0 Å². The van der Waals surface area contributed by atoms with E-state index in [-0.39, 0.29) is 13.2 Å². The predicted molar refractivity (Wildman–Crippen MR) is 119 cm³/mol. The van der Waals surface area contributed by atoms with Gasteiger partial charge in [0, 0.05) is 6.61 Å². The van der Waals surface area contributed by atoms with Gasteiger partial charge in [-0.25, -0.2) is 9.45 Å². The molecule has 0 amide bonds. The van der Waals surface area contributed by atoms with Crippen LogP contribution in [0.25, 0.3) is 0 Å². The monoisotopic (exact) mass is 438 g/mol. The van der Waals surface area contributed by atoms with Crippen LogP contribution in [0, 0.1) is 0 Å². The van der Waals surface area contributed by atoms with Crippen LogP contribution in [-0.4, -0.2) is 31.3 Å². The van der Waals surface area contributed by atoms with Crippen molar-refractivity contribution in [2.75, 3.05) is 26.4 Å². The third-order valence-electron chi connectivity index (χ3n) is 4.91. The maximum absolute atomic E-state index is 11.5. The van der Waals surface area contributed by atoms with Gasteiger partial charge in [0.2, 0.25) is 0 Å². The standard InChI is InChI=1S/C22H47O6P/c1-3-5-6-7-8-9-10-11-12-13-14-15-16-17-18-19-20-26-28-29(23,24)27-22-21-25-4-2/h3-22H2,1-2H3,(H,23,24). The van der Waals surface area contributed by atoms with E-state index in [4.69, 9.17) is 14.1 Å². The molecular formula is C22H47O6P. The van der Waals surface area contributed by atoms with Crippen molar-refractivity contribution in [3.05, 3.63) is 0 Å². The van der Waals surface area contributed by atoms with Crippen molar-refractivity contribution in [1.82, 2.24) is 0 Å². The highest BCUT2D eigenvalue weighted by Gasteiger charge is 2.22. The van der Waals surface area contributed by atoms with Gasteiger partial charge in [0.15, 0.2) is 0 Å². The zero-order chi connectivity index (χ0) is 21.5. The molecule has 1 N–H and O–H groups in total. The molecule has 0 saturated carbocycles. The van der Waals surface area contributed by atoms with Crippen LogP contribution in [0.4, 0.5) is 0 Å². The van der Waals surface area contributed by atoms with Gasteiger partial charge in [0.1, 0.15) is 0 Å². The minimum absolute atomic E-state index is 0.00399. The third kappa shape index (κ3) is 24.2. The summed E-state index contributed by atoms with van der Waals surface area (Å²) >= 11 is 0. The molecule has 6 nitrogen and oxygen atoms in total. The largest absolute Gasteiger partial charge is 0.499 e. The normalized spacial score (nSPS) is 13.6. The predicted octanol–water partition coefficient (Wildman–Crippen LogP) is 7.35. The Morgan fingerprint density at radius 2 is 1.07 bits per heavy atom. The Labute approximate surface area is 179 Å². The highest BCUT2D eigenvalue weighted by molar-refractivity contribution is 7.47. The van der Waals surface area contributed by atoms with E-state index in [2.05, 4.69) is 11.6 Å². The molecule has 0 aromatic rings. The Bertz CT molecular complexity index is 367. The molecule has 0 heterocycles. The lowest BCUT2D eigenvalue weighted by molar-refractivity contribution is -0.225. The van der Waals surface area contributed by atoms with E-state index >= 15 is 0 Å². The van der Waals surface area contributed by atoms with E-state index in [0.29, 0.717) is 13.2 Å². The summed E-state index contributed by atoms with van der Waals surface area (Å²) in [7, 11) is -4.13. The van der Waals surface area contributed by atoms with Gasteiger partial charge in [0.25, 0.3) is 0 Å². The summed E-state index contributed by atoms with van der Waals surface area (Å²) in [6.07, 6.45) is 20.9. The minimum atomic E-state index is -4.13. The molecule has 0 radical (unpaired) electrons. The summed E-state index contributed by atoms with van der Waals surface area (Å²) in [5.41, 5.74) is 0. The maximum Gasteiger partial charge on any atom is 0.499 e. The number of rotatable bonds is 24. The third-order valence-corrected chi connectivity index (χ3v) is 5.72. The first-order valence-electron chi connectivity index (χ1n) is 12.0. The lowest BCUT2D eigenvalue weighted by atomic mass is 10.0. The Hall–Kier alpha value is 0.0300. The van der Waals surface area contributed by atoms with Gasteiger partial charge in [-0.15, -0.1) is 4.67 Å². The highest BCUT2D eigenvalue weighted by Crippen LogP contribution is 2.43. The lowest BCUT2D eigenvalue weighted by Crippen LogP contribution is -2.05. The first-order valence-corrected chi connectivity index (χ1v) is 13.5. The van der Waals surface area contributed by atoms with E-state index in [1.54, 1.807) is 0 Å². The quantitative estimate of drug-likeness (QED) is 0.0735. The number of unbranched alkanes of at least 4 members (excludes halogenated alkanes) is 15. The Morgan fingerprint density at radius 1 is 0.621 bits per heavy atom. The maximum atomic E-state index is 11.5. The van der Waals surface area contributed by atoms with E-state index in [9.17, 15) is 9.46 Å². The SMILES string of the molecule is CCCCCCCCCCCCCCCCCCOOP(=O)(O)OCCOCC. The average Bonchev–Trinajstić information content (AvgIpc) is 2.70. The molecule has 0 rings (SSSR count). The van der Waals surface area contributed by atoms with Gasteiger partial charge in [-0.3, -0.25) is 4.52 Å². The molecule has 0 aliphatic carbocycles. The molecule has 0 bridgehead atoms. The smallest absolute Gasteiger partial charge is 0.379 e. The topological polar surface area (TPSA) is 74.2 Å². The molecule has 7 heteroatoms. The Kier molecular flexibility index (Phi) is 22.7. The fourth-order valence-electron chi connectivity index (χ4n) is 3.19. The minimum Gasteiger partial charge on any atom is -0.379 e. The number of phosphoric ester groups is 1. The zero-order valence-corrected chi connectivity index (χ0v) is 20.0. The Morgan fingerprint density at radius 3 is 1.52 bits per heavy atom. The molecule has 29 heavy (non-hydrogen) atoms. The molecular weight excluding hydrogens is 391 g/mol. The average molecular weight is 439 g/mol. The molecule has 176 valence electrons. The van der Waals surface area contributed by atoms with Crippen LogP contribution in [0.3, 0.4) is 0 Å². The van der Waals surface area contributed by atoms with E-state index in [0.717, 1.165) is 12.8 Å². The first-order chi connectivity index (χ1) is 14.1. The van der Waals surface area contributed by atoms with Gasteiger partial charge in [0.05, 0.1) is 19.8 Å². The van der Waals surface area contributed by atoms with Crippen LogP contribution in [0.1, 0.15) is 117 Å². The van der Waals surface area contributed by atoms with Crippen LogP contribution in [0.15, 0.2) is 0 Å². The van der Waals surface area contributed by atoms with Gasteiger partial charge in [-0.2, -0.15) is 0 Å². The molecule has 1 unspecified atom stereocenters. The van der Waals surface area contributed by atoms with Crippen LogP contribution in [0.2, 0.25) is 0 Å². The van der Waals surface area contributed by atoms with Crippen LogP contribution in [0.5, 0.6) is 0 Å². The van der Waals surface area contributed by atoms with Gasteiger partial charge in [-0.05, 0) is 13.3 Å². The Balaban J connectivity index is 3.19. The number of phosphoric acid groups is 1. The molecule has 0 spiro atoms. The molecule has 0 aliphatic heterocycles. The van der Waals surface area contributed by atoms with Crippen molar-refractivity contribution in [2.24, 2.45) is 0 Å². The van der Waals surface area contributed by atoms with E-state index in [1.165, 1.54) is 89.9 Å². The van der Waals surface area contributed by atoms with Crippen molar-refractivity contribution in [3.8, 4) is 0 Å². The lowest BCUT2D eigenvalue weighted by Gasteiger charge is -2.10. The summed E-state index contributed by atoms with van der Waals surface area (Å²) in [5, 5.41) is 0. The molecule has 0 aromatic carbocycles. The second kappa shape index (κ2) is 22.7. The molecule has 0 aliphatic rings. The summed E-state index contributed by atoms with van der Waals surface area (Å²) in [6, 6.07) is 0. The number of hydrogen-bond acceptors (Lipinski definition) is 5. The first kappa shape index (κ1) is 29.0. The molecule has 0 fully saturated rings. The van der Waals surface area contributed by atoms with E-state index in [1.807, 2.05) is 6.92 Å². The van der Waals surface area contributed by atoms with Gasteiger partial charge in [-0.1, -0.05) is 103 Å². The summed E-state index contributed by atoms with van der Waals surface area (Å²) < 4.78 is 25.7. The van der Waals surface area contributed by atoms with Crippen molar-refractivity contribution in [2.45, 2.75) is 117 Å². The number of hydrogen-bond donors (Lipinski definition) is 1. The van der Waals surface area contributed by atoms with Gasteiger partial charge < -0.3 is 9.63 Å². The molecule has 1 atom stereocenters. The fourth-order valence-corrected chi connectivity index (χ4v) is 3.75. The van der Waals surface area contributed by atoms with Crippen molar-refractivity contribution >= 4 is 7.82 Å². The molecule has 0 aromatic heterocycles. The number of ether oxygens (including phenoxy) is 1. The summed E-state index contributed by atoms with van der Waals surface area (Å²) in [5.74, 6) is 0. The van der Waals surface area contributed by atoms with Crippen molar-refractivity contribution in [3.63, 3.8) is 0 Å². The fraction of sp³-hybridized carbons (Fsp3) is 1.00. The van der Waals surface area contributed by atoms with E-state index < -0.39 is 7.82 Å². The summed E-state index contributed by atoms with van der Waals surface area (Å²) in [4.78, 5) is 14.2. The second-order valence-corrected chi connectivity index (χ2v) is 9.04. The highest BCUT2D eigenvalue weighted by atomic mass is 31.2.